The summed E-state index contributed by atoms with van der Waals surface area (Å²) in [6.07, 6.45) is 2.95. The van der Waals surface area contributed by atoms with Gasteiger partial charge in [0.1, 0.15) is 11.3 Å². The minimum Gasteiger partial charge on any atom is -0.504 e. The Labute approximate surface area is 150 Å². The molecule has 0 unspecified atom stereocenters. The molecule has 0 spiro atoms. The van der Waals surface area contributed by atoms with E-state index in [0.29, 0.717) is 11.5 Å². The first-order chi connectivity index (χ1) is 12.6. The number of fused-ring (bicyclic) bond motifs is 1. The standard InChI is InChI=1S/C19H18O7/c1-22-15-9-16(23-2)19(24-3)18(21)17(15)12(20)6-4-11-5-7-13-14(8-11)26-10-25-13/h4-9,21H,10H2,1-3H3/b6-4+. The van der Waals surface area contributed by atoms with E-state index in [0.717, 1.165) is 5.56 Å². The van der Waals surface area contributed by atoms with Crippen LogP contribution in [0.2, 0.25) is 0 Å². The number of ether oxygens (including phenoxy) is 5. The molecule has 0 radical (unpaired) electrons. The number of carbonyl (C=O) groups excluding carboxylic acids is 1. The average Bonchev–Trinajstić information content (AvgIpc) is 3.12. The van der Waals surface area contributed by atoms with Gasteiger partial charge in [-0.05, 0) is 23.8 Å². The summed E-state index contributed by atoms with van der Waals surface area (Å²) >= 11 is 0. The van der Waals surface area contributed by atoms with E-state index in [9.17, 15) is 9.90 Å². The predicted molar refractivity (Wildman–Crippen MR) is 93.7 cm³/mol. The molecule has 0 saturated heterocycles. The number of allylic oxidation sites excluding steroid dienone is 1. The van der Waals surface area contributed by atoms with Crippen LogP contribution in [0.1, 0.15) is 15.9 Å². The van der Waals surface area contributed by atoms with E-state index in [4.69, 9.17) is 23.7 Å². The molecule has 0 aliphatic carbocycles. The molecule has 0 fully saturated rings. The molecule has 7 heteroatoms. The summed E-state index contributed by atoms with van der Waals surface area (Å²) in [7, 11) is 4.21. The molecule has 0 atom stereocenters. The van der Waals surface area contributed by atoms with Gasteiger partial charge in [0, 0.05) is 6.07 Å². The molecular formula is C19H18O7. The molecule has 26 heavy (non-hydrogen) atoms. The quantitative estimate of drug-likeness (QED) is 0.628. The van der Waals surface area contributed by atoms with Crippen LogP contribution in [0.4, 0.5) is 0 Å². The lowest BCUT2D eigenvalue weighted by Crippen LogP contribution is -2.03. The summed E-state index contributed by atoms with van der Waals surface area (Å²) in [5.41, 5.74) is 0.740. The first-order valence-corrected chi connectivity index (χ1v) is 7.73. The average molecular weight is 358 g/mol. The fraction of sp³-hybridized carbons (Fsp3) is 0.211. The molecule has 0 aromatic heterocycles. The van der Waals surface area contributed by atoms with Crippen molar-refractivity contribution in [1.29, 1.82) is 0 Å². The van der Waals surface area contributed by atoms with Crippen molar-refractivity contribution in [1.82, 2.24) is 0 Å². The molecule has 3 rings (SSSR count). The van der Waals surface area contributed by atoms with Gasteiger partial charge in [-0.3, -0.25) is 4.79 Å². The van der Waals surface area contributed by atoms with Crippen molar-refractivity contribution < 1.29 is 33.6 Å². The van der Waals surface area contributed by atoms with Crippen molar-refractivity contribution in [2.45, 2.75) is 0 Å². The number of benzene rings is 2. The number of carbonyl (C=O) groups is 1. The number of methoxy groups -OCH3 is 3. The summed E-state index contributed by atoms with van der Waals surface area (Å²) in [6.45, 7) is 0.179. The number of aromatic hydroxyl groups is 1. The zero-order valence-electron chi connectivity index (χ0n) is 14.6. The van der Waals surface area contributed by atoms with Gasteiger partial charge in [0.15, 0.2) is 28.8 Å². The first kappa shape index (κ1) is 17.5. The molecule has 2 aromatic rings. The Morgan fingerprint density at radius 1 is 1.04 bits per heavy atom. The van der Waals surface area contributed by atoms with Crippen LogP contribution in [0.3, 0.4) is 0 Å². The Kier molecular flexibility index (Phi) is 4.88. The van der Waals surface area contributed by atoms with E-state index in [1.54, 1.807) is 24.3 Å². The van der Waals surface area contributed by atoms with Crippen molar-refractivity contribution in [2.24, 2.45) is 0 Å². The maximum absolute atomic E-state index is 12.6. The number of phenols is 1. The minimum absolute atomic E-state index is 0.0119. The largest absolute Gasteiger partial charge is 0.504 e. The van der Waals surface area contributed by atoms with E-state index in [2.05, 4.69) is 0 Å². The highest BCUT2D eigenvalue weighted by Crippen LogP contribution is 2.44. The van der Waals surface area contributed by atoms with E-state index >= 15 is 0 Å². The maximum Gasteiger partial charge on any atom is 0.231 e. The van der Waals surface area contributed by atoms with Crippen LogP contribution in [0.25, 0.3) is 6.08 Å². The van der Waals surface area contributed by atoms with Crippen molar-refractivity contribution >= 4 is 11.9 Å². The van der Waals surface area contributed by atoms with Crippen LogP contribution in [0.15, 0.2) is 30.3 Å². The number of phenolic OH excluding ortho intramolecular Hbond substituents is 1. The van der Waals surface area contributed by atoms with Gasteiger partial charge in [-0.25, -0.2) is 0 Å². The third-order valence-corrected chi connectivity index (χ3v) is 3.90. The third-order valence-electron chi connectivity index (χ3n) is 3.90. The molecule has 136 valence electrons. The van der Waals surface area contributed by atoms with Crippen molar-refractivity contribution in [3.8, 4) is 34.5 Å². The Hall–Kier alpha value is -3.35. The Morgan fingerprint density at radius 3 is 2.46 bits per heavy atom. The van der Waals surface area contributed by atoms with Gasteiger partial charge in [-0.1, -0.05) is 12.1 Å². The van der Waals surface area contributed by atoms with Gasteiger partial charge in [0.2, 0.25) is 12.5 Å². The molecule has 0 bridgehead atoms. The van der Waals surface area contributed by atoms with Gasteiger partial charge in [0.05, 0.1) is 21.3 Å². The van der Waals surface area contributed by atoms with Crippen LogP contribution in [0.5, 0.6) is 34.5 Å². The van der Waals surface area contributed by atoms with Gasteiger partial charge in [-0.15, -0.1) is 0 Å². The zero-order valence-corrected chi connectivity index (χ0v) is 14.6. The second-order valence-corrected chi connectivity index (χ2v) is 5.35. The summed E-state index contributed by atoms with van der Waals surface area (Å²) in [4.78, 5) is 12.6. The summed E-state index contributed by atoms with van der Waals surface area (Å²) in [5, 5.41) is 10.4. The third kappa shape index (κ3) is 3.11. The number of rotatable bonds is 6. The lowest BCUT2D eigenvalue weighted by Gasteiger charge is -2.15. The van der Waals surface area contributed by atoms with E-state index in [1.165, 1.54) is 33.5 Å². The van der Waals surface area contributed by atoms with Crippen molar-refractivity contribution in [2.75, 3.05) is 28.1 Å². The van der Waals surface area contributed by atoms with E-state index in [-0.39, 0.29) is 35.4 Å². The molecular weight excluding hydrogens is 340 g/mol. The topological polar surface area (TPSA) is 83.5 Å². The van der Waals surface area contributed by atoms with E-state index in [1.807, 2.05) is 0 Å². The monoisotopic (exact) mass is 358 g/mol. The number of hydrogen-bond acceptors (Lipinski definition) is 7. The maximum atomic E-state index is 12.6. The Balaban J connectivity index is 1.94. The van der Waals surface area contributed by atoms with Crippen LogP contribution in [-0.2, 0) is 0 Å². The summed E-state index contributed by atoms with van der Waals surface area (Å²) in [5.74, 6) is 0.993. The van der Waals surface area contributed by atoms with E-state index < -0.39 is 5.78 Å². The molecule has 2 aromatic carbocycles. The lowest BCUT2D eigenvalue weighted by molar-refractivity contribution is 0.104. The second kappa shape index (κ2) is 7.26. The molecule has 1 N–H and O–H groups in total. The number of hydrogen-bond donors (Lipinski definition) is 1. The molecule has 7 nitrogen and oxygen atoms in total. The van der Waals surface area contributed by atoms with Crippen LogP contribution >= 0.6 is 0 Å². The predicted octanol–water partition coefficient (Wildman–Crippen LogP) is 3.04. The van der Waals surface area contributed by atoms with Crippen LogP contribution in [-0.4, -0.2) is 39.0 Å². The fourth-order valence-electron chi connectivity index (χ4n) is 2.62. The van der Waals surface area contributed by atoms with Gasteiger partial charge < -0.3 is 28.8 Å². The highest BCUT2D eigenvalue weighted by Gasteiger charge is 2.23. The summed E-state index contributed by atoms with van der Waals surface area (Å²) in [6, 6.07) is 6.81. The van der Waals surface area contributed by atoms with Crippen molar-refractivity contribution in [3.63, 3.8) is 0 Å². The molecule has 0 saturated carbocycles. The SMILES string of the molecule is COc1cc(OC)c(C(=O)/C=C/c2ccc3c(c2)OCO3)c(O)c1OC. The normalized spacial score (nSPS) is 12.3. The lowest BCUT2D eigenvalue weighted by atomic mass is 10.0. The van der Waals surface area contributed by atoms with Crippen LogP contribution in [0, 0.1) is 0 Å². The summed E-state index contributed by atoms with van der Waals surface area (Å²) < 4.78 is 26.1. The fourth-order valence-corrected chi connectivity index (χ4v) is 2.62. The Morgan fingerprint density at radius 2 is 1.77 bits per heavy atom. The van der Waals surface area contributed by atoms with Gasteiger partial charge in [-0.2, -0.15) is 0 Å². The molecule has 1 aliphatic heterocycles. The van der Waals surface area contributed by atoms with Crippen molar-refractivity contribution in [3.05, 3.63) is 41.5 Å². The minimum atomic E-state index is -0.446. The Bertz CT molecular complexity index is 871. The van der Waals surface area contributed by atoms with Gasteiger partial charge in [0.25, 0.3) is 0 Å². The number of ketones is 1. The highest BCUT2D eigenvalue weighted by molar-refractivity contribution is 6.11. The molecule has 0 amide bonds. The van der Waals surface area contributed by atoms with Gasteiger partial charge >= 0.3 is 0 Å². The smallest absolute Gasteiger partial charge is 0.231 e. The van der Waals surface area contributed by atoms with Crippen LogP contribution < -0.4 is 23.7 Å². The zero-order chi connectivity index (χ0) is 18.7. The second-order valence-electron chi connectivity index (χ2n) is 5.35. The molecule has 1 aliphatic rings. The highest BCUT2D eigenvalue weighted by atomic mass is 16.7. The molecule has 1 heterocycles. The first-order valence-electron chi connectivity index (χ1n) is 7.73.